The van der Waals surface area contributed by atoms with Gasteiger partial charge in [0.1, 0.15) is 12.4 Å². The highest BCUT2D eigenvalue weighted by Crippen LogP contribution is 2.33. The van der Waals surface area contributed by atoms with E-state index in [9.17, 15) is 9.59 Å². The zero-order valence-electron chi connectivity index (χ0n) is 16.4. The van der Waals surface area contributed by atoms with Crippen LogP contribution in [0.1, 0.15) is 31.3 Å². The van der Waals surface area contributed by atoms with Crippen molar-refractivity contribution >= 4 is 11.9 Å². The first kappa shape index (κ1) is 20.8. The lowest BCUT2D eigenvalue weighted by Crippen LogP contribution is -2.39. The summed E-state index contributed by atoms with van der Waals surface area (Å²) < 4.78 is 27.1. The quantitative estimate of drug-likeness (QED) is 0.630. The van der Waals surface area contributed by atoms with E-state index in [0.717, 1.165) is 5.56 Å². The zero-order valence-corrected chi connectivity index (χ0v) is 16.4. The van der Waals surface area contributed by atoms with Crippen LogP contribution in [0.4, 0.5) is 0 Å². The molecule has 154 valence electrons. The molecule has 0 amide bonds. The van der Waals surface area contributed by atoms with E-state index < -0.39 is 30.4 Å². The van der Waals surface area contributed by atoms with E-state index in [2.05, 4.69) is 0 Å². The first-order chi connectivity index (χ1) is 14.1. The van der Waals surface area contributed by atoms with Crippen LogP contribution in [-0.2, 0) is 35.1 Å². The second-order valence-corrected chi connectivity index (χ2v) is 6.29. The van der Waals surface area contributed by atoms with Gasteiger partial charge in [-0.15, -0.1) is 0 Å². The van der Waals surface area contributed by atoms with E-state index in [1.54, 1.807) is 38.1 Å². The Morgan fingerprint density at radius 3 is 1.90 bits per heavy atom. The second kappa shape index (κ2) is 10.0. The van der Waals surface area contributed by atoms with Crippen LogP contribution in [0, 0.1) is 0 Å². The van der Waals surface area contributed by atoms with Gasteiger partial charge in [0.15, 0.2) is 18.5 Å². The van der Waals surface area contributed by atoms with Crippen molar-refractivity contribution in [2.75, 3.05) is 13.2 Å². The van der Waals surface area contributed by atoms with Crippen molar-refractivity contribution in [1.82, 2.24) is 0 Å². The molecule has 1 saturated heterocycles. The van der Waals surface area contributed by atoms with Crippen molar-refractivity contribution in [2.45, 2.75) is 39.0 Å². The summed E-state index contributed by atoms with van der Waals surface area (Å²) in [5, 5.41) is 0. The Hall–Kier alpha value is -2.90. The van der Waals surface area contributed by atoms with Crippen molar-refractivity contribution in [3.05, 3.63) is 65.7 Å². The smallest absolute Gasteiger partial charge is 0.338 e. The van der Waals surface area contributed by atoms with Gasteiger partial charge in [-0.2, -0.15) is 0 Å². The van der Waals surface area contributed by atoms with Gasteiger partial charge in [0.05, 0.1) is 13.2 Å². The largest absolute Gasteiger partial charge is 0.489 e. The molecule has 0 bridgehead atoms. The number of hydrogen-bond donors (Lipinski definition) is 0. The molecule has 0 saturated carbocycles. The molecule has 1 aliphatic rings. The van der Waals surface area contributed by atoms with Crippen molar-refractivity contribution in [2.24, 2.45) is 0 Å². The van der Waals surface area contributed by atoms with Crippen LogP contribution in [0.3, 0.4) is 0 Å². The lowest BCUT2D eigenvalue weighted by molar-refractivity contribution is -0.163. The Balaban J connectivity index is 1.66. The predicted octanol–water partition coefficient (Wildman–Crippen LogP) is 3.17. The fourth-order valence-electron chi connectivity index (χ4n) is 2.87. The van der Waals surface area contributed by atoms with Gasteiger partial charge in [0.2, 0.25) is 0 Å². The molecule has 7 nitrogen and oxygen atoms in total. The minimum Gasteiger partial charge on any atom is -0.489 e. The van der Waals surface area contributed by atoms with Crippen molar-refractivity contribution in [3.63, 3.8) is 0 Å². The molecule has 2 atom stereocenters. The molecule has 7 heteroatoms. The number of ether oxygens (including phenoxy) is 5. The summed E-state index contributed by atoms with van der Waals surface area (Å²) in [6.45, 7) is 4.16. The first-order valence-electron chi connectivity index (χ1n) is 9.53. The molecular formula is C22H24O7. The maximum atomic E-state index is 12.2. The predicted molar refractivity (Wildman–Crippen MR) is 103 cm³/mol. The molecule has 2 aromatic carbocycles. The van der Waals surface area contributed by atoms with Crippen LogP contribution in [0.25, 0.3) is 0 Å². The highest BCUT2D eigenvalue weighted by atomic mass is 16.8. The third-order valence-corrected chi connectivity index (χ3v) is 4.25. The van der Waals surface area contributed by atoms with E-state index in [-0.39, 0.29) is 13.2 Å². The summed E-state index contributed by atoms with van der Waals surface area (Å²) in [5.41, 5.74) is 1.71. The summed E-state index contributed by atoms with van der Waals surface area (Å²) in [4.78, 5) is 24.3. The Bertz CT molecular complexity index is 778. The van der Waals surface area contributed by atoms with Gasteiger partial charge in [0.25, 0.3) is 0 Å². The summed E-state index contributed by atoms with van der Waals surface area (Å²) in [5.74, 6) is -0.633. The molecule has 0 aliphatic carbocycles. The number of hydrogen-bond acceptors (Lipinski definition) is 7. The van der Waals surface area contributed by atoms with Gasteiger partial charge >= 0.3 is 11.9 Å². The Morgan fingerprint density at radius 1 is 0.828 bits per heavy atom. The number of rotatable bonds is 8. The highest BCUT2D eigenvalue weighted by molar-refractivity contribution is 5.86. The Morgan fingerprint density at radius 2 is 1.38 bits per heavy atom. The number of carbonyl (C=O) groups is 2. The molecule has 0 N–H and O–H groups in total. The standard InChI is InChI=1S/C22H24O7/c1-3-25-20(23)18-19(21(24)26-4-2)29-22(28-18)16-10-12-17(13-11-16)27-14-15-8-6-5-7-9-15/h5-13,18-19,22H,3-4,14H2,1-2H3/t18-,19-/m1/s1. The van der Waals surface area contributed by atoms with Gasteiger partial charge in [-0.1, -0.05) is 42.5 Å². The van der Waals surface area contributed by atoms with E-state index in [1.807, 2.05) is 30.3 Å². The van der Waals surface area contributed by atoms with Crippen LogP contribution in [0.15, 0.2) is 54.6 Å². The lowest BCUT2D eigenvalue weighted by Gasteiger charge is -2.13. The van der Waals surface area contributed by atoms with E-state index in [0.29, 0.717) is 17.9 Å². The fourth-order valence-corrected chi connectivity index (χ4v) is 2.87. The minimum absolute atomic E-state index is 0.173. The number of carbonyl (C=O) groups excluding carboxylic acids is 2. The second-order valence-electron chi connectivity index (χ2n) is 6.29. The third-order valence-electron chi connectivity index (χ3n) is 4.25. The van der Waals surface area contributed by atoms with E-state index >= 15 is 0 Å². The fraction of sp³-hybridized carbons (Fsp3) is 0.364. The monoisotopic (exact) mass is 400 g/mol. The average molecular weight is 400 g/mol. The number of esters is 2. The molecule has 2 aromatic rings. The maximum Gasteiger partial charge on any atom is 0.338 e. The minimum atomic E-state index is -1.17. The van der Waals surface area contributed by atoms with Crippen LogP contribution in [-0.4, -0.2) is 37.4 Å². The van der Waals surface area contributed by atoms with Crippen molar-refractivity contribution in [1.29, 1.82) is 0 Å². The topological polar surface area (TPSA) is 80.3 Å². The molecular weight excluding hydrogens is 376 g/mol. The lowest BCUT2D eigenvalue weighted by atomic mass is 10.2. The first-order valence-corrected chi connectivity index (χ1v) is 9.53. The Kier molecular flexibility index (Phi) is 7.21. The average Bonchev–Trinajstić information content (AvgIpc) is 3.20. The normalized spacial score (nSPS) is 19.0. The molecule has 1 heterocycles. The molecule has 0 aromatic heterocycles. The van der Waals surface area contributed by atoms with Gasteiger partial charge < -0.3 is 23.7 Å². The van der Waals surface area contributed by atoms with Crippen molar-refractivity contribution in [3.8, 4) is 5.75 Å². The zero-order chi connectivity index (χ0) is 20.6. The molecule has 0 spiro atoms. The van der Waals surface area contributed by atoms with E-state index in [1.165, 1.54) is 0 Å². The molecule has 1 aliphatic heterocycles. The summed E-state index contributed by atoms with van der Waals surface area (Å²) >= 11 is 0. The van der Waals surface area contributed by atoms with E-state index in [4.69, 9.17) is 23.7 Å². The van der Waals surface area contributed by atoms with Crippen LogP contribution in [0.2, 0.25) is 0 Å². The summed E-state index contributed by atoms with van der Waals surface area (Å²) in [7, 11) is 0. The summed E-state index contributed by atoms with van der Waals surface area (Å²) in [6.07, 6.45) is -3.23. The summed E-state index contributed by atoms with van der Waals surface area (Å²) in [6, 6.07) is 16.9. The molecule has 3 rings (SSSR count). The molecule has 0 unspecified atom stereocenters. The van der Waals surface area contributed by atoms with Crippen LogP contribution >= 0.6 is 0 Å². The molecule has 1 fully saturated rings. The van der Waals surface area contributed by atoms with Gasteiger partial charge in [-0.25, -0.2) is 9.59 Å². The maximum absolute atomic E-state index is 12.2. The number of benzene rings is 2. The van der Waals surface area contributed by atoms with Crippen molar-refractivity contribution < 1.29 is 33.3 Å². The molecule has 29 heavy (non-hydrogen) atoms. The van der Waals surface area contributed by atoms with Gasteiger partial charge in [-0.05, 0) is 31.5 Å². The Labute approximate surface area is 169 Å². The SMILES string of the molecule is CCOC(=O)[C@@H]1OC(c2ccc(OCc3ccccc3)cc2)O[C@H]1C(=O)OCC. The van der Waals surface area contributed by atoms with Crippen LogP contribution in [0.5, 0.6) is 5.75 Å². The van der Waals surface area contributed by atoms with Gasteiger partial charge in [-0.3, -0.25) is 0 Å². The highest BCUT2D eigenvalue weighted by Gasteiger charge is 2.47. The molecule has 0 radical (unpaired) electrons. The third kappa shape index (κ3) is 5.34. The van der Waals surface area contributed by atoms with Gasteiger partial charge in [0, 0.05) is 5.56 Å². The van der Waals surface area contributed by atoms with Crippen LogP contribution < -0.4 is 4.74 Å².